The lowest BCUT2D eigenvalue weighted by molar-refractivity contribution is 0.0524. The third-order valence-corrected chi connectivity index (χ3v) is 3.89. The summed E-state index contributed by atoms with van der Waals surface area (Å²) in [4.78, 5) is 26.8. The molecule has 6 heteroatoms. The van der Waals surface area contributed by atoms with E-state index in [1.54, 1.807) is 31.2 Å². The maximum Gasteiger partial charge on any atom is 0.345 e. The molecule has 116 valence electrons. The summed E-state index contributed by atoms with van der Waals surface area (Å²) in [7, 11) is 0. The number of hydrogen-bond acceptors (Lipinski definition) is 3. The molecule has 0 bridgehead atoms. The first kappa shape index (κ1) is 16.6. The molecule has 22 heavy (non-hydrogen) atoms. The normalized spacial score (nSPS) is 10.5. The molecule has 0 spiro atoms. The Morgan fingerprint density at radius 3 is 2.36 bits per heavy atom. The Kier molecular flexibility index (Phi) is 5.27. The van der Waals surface area contributed by atoms with Crippen molar-refractivity contribution < 1.29 is 9.53 Å². The third kappa shape index (κ3) is 3.18. The Hall–Kier alpha value is -1.78. The van der Waals surface area contributed by atoms with E-state index in [-0.39, 0.29) is 17.2 Å². The number of benzene rings is 1. The van der Waals surface area contributed by atoms with Crippen molar-refractivity contribution >= 4 is 29.2 Å². The lowest BCUT2D eigenvalue weighted by Gasteiger charge is -2.13. The third-order valence-electron chi connectivity index (χ3n) is 3.22. The van der Waals surface area contributed by atoms with Gasteiger partial charge in [0, 0.05) is 5.02 Å². The second kappa shape index (κ2) is 6.99. The topological polar surface area (TPSA) is 59.2 Å². The van der Waals surface area contributed by atoms with Crippen molar-refractivity contribution in [2.24, 2.45) is 0 Å². The van der Waals surface area contributed by atoms with Crippen LogP contribution in [0.3, 0.4) is 0 Å². The highest BCUT2D eigenvalue weighted by Crippen LogP contribution is 2.29. The Balaban J connectivity index is 2.65. The van der Waals surface area contributed by atoms with Crippen LogP contribution < -0.4 is 5.56 Å². The van der Waals surface area contributed by atoms with Gasteiger partial charge in [-0.15, -0.1) is 0 Å². The summed E-state index contributed by atoms with van der Waals surface area (Å²) in [5, 5.41) is 0.730. The molecule has 1 N–H and O–H groups in total. The number of H-pyrrole nitrogens is 1. The quantitative estimate of drug-likeness (QED) is 0.853. The smallest absolute Gasteiger partial charge is 0.345 e. The Morgan fingerprint density at radius 1 is 1.18 bits per heavy atom. The minimum absolute atomic E-state index is 0.134. The van der Waals surface area contributed by atoms with E-state index in [4.69, 9.17) is 27.9 Å². The summed E-state index contributed by atoms with van der Waals surface area (Å²) in [6.45, 7) is 3.74. The number of carbonyl (C=O) groups excluding carboxylic acids is 1. The fourth-order valence-electron chi connectivity index (χ4n) is 2.19. The number of carbonyl (C=O) groups is 1. The van der Waals surface area contributed by atoms with Crippen molar-refractivity contribution in [3.05, 3.63) is 55.8 Å². The van der Waals surface area contributed by atoms with Crippen molar-refractivity contribution in [3.63, 3.8) is 0 Å². The van der Waals surface area contributed by atoms with E-state index in [0.29, 0.717) is 22.7 Å². The summed E-state index contributed by atoms with van der Waals surface area (Å²) in [5.74, 6) is -0.717. The predicted octanol–water partition coefficient (Wildman–Crippen LogP) is 4.09. The molecule has 0 radical (unpaired) electrons. The molecule has 2 aromatic rings. The van der Waals surface area contributed by atoms with Crippen molar-refractivity contribution in [2.75, 3.05) is 6.61 Å². The average Bonchev–Trinajstić information content (AvgIpc) is 2.48. The van der Waals surface area contributed by atoms with E-state index < -0.39 is 11.5 Å². The molecule has 0 fully saturated rings. The number of aromatic nitrogens is 1. The van der Waals surface area contributed by atoms with E-state index in [9.17, 15) is 9.59 Å². The molecular weight excluding hydrogens is 325 g/mol. The van der Waals surface area contributed by atoms with E-state index in [1.165, 1.54) is 0 Å². The fourth-order valence-corrected chi connectivity index (χ4v) is 2.71. The van der Waals surface area contributed by atoms with Crippen LogP contribution in [-0.4, -0.2) is 17.6 Å². The van der Waals surface area contributed by atoms with Gasteiger partial charge < -0.3 is 9.72 Å². The molecule has 1 aromatic carbocycles. The van der Waals surface area contributed by atoms with Gasteiger partial charge >= 0.3 is 5.97 Å². The number of ether oxygens (including phenoxy) is 1. The van der Waals surface area contributed by atoms with Crippen LogP contribution in [0.5, 0.6) is 0 Å². The molecule has 0 unspecified atom stereocenters. The second-order valence-electron chi connectivity index (χ2n) is 4.58. The number of pyridine rings is 1. The molecule has 0 aliphatic carbocycles. The molecule has 0 aliphatic heterocycles. The summed E-state index contributed by atoms with van der Waals surface area (Å²) in [5.41, 5.74) is 1.33. The van der Waals surface area contributed by atoms with Crippen molar-refractivity contribution in [1.82, 2.24) is 4.98 Å². The summed E-state index contributed by atoms with van der Waals surface area (Å²) < 4.78 is 4.89. The highest BCUT2D eigenvalue weighted by Gasteiger charge is 2.22. The van der Waals surface area contributed by atoms with Gasteiger partial charge in [-0.2, -0.15) is 0 Å². The summed E-state index contributed by atoms with van der Waals surface area (Å²) in [6, 6.07) is 7.02. The van der Waals surface area contributed by atoms with E-state index in [0.717, 1.165) is 5.56 Å². The SMILES string of the molecule is CCOC(=O)c1c(Cl)c(CC)c(-c2ccc(Cl)cc2)[nH]c1=O. The lowest BCUT2D eigenvalue weighted by atomic mass is 10.0. The summed E-state index contributed by atoms with van der Waals surface area (Å²) in [6.07, 6.45) is 0.556. The van der Waals surface area contributed by atoms with Crippen LogP contribution >= 0.6 is 23.2 Å². The maximum atomic E-state index is 12.2. The van der Waals surface area contributed by atoms with Gasteiger partial charge in [0.05, 0.1) is 17.3 Å². The largest absolute Gasteiger partial charge is 0.462 e. The number of aromatic amines is 1. The zero-order valence-electron chi connectivity index (χ0n) is 12.2. The number of hydrogen-bond donors (Lipinski definition) is 1. The minimum Gasteiger partial charge on any atom is -0.462 e. The number of rotatable bonds is 4. The van der Waals surface area contributed by atoms with Crippen LogP contribution in [0.25, 0.3) is 11.3 Å². The fraction of sp³-hybridized carbons (Fsp3) is 0.250. The van der Waals surface area contributed by atoms with Gasteiger partial charge in [0.2, 0.25) is 0 Å². The molecule has 1 aromatic heterocycles. The standard InChI is InChI=1S/C16H15Cl2NO3/c1-3-11-13(18)12(16(21)22-4-2)15(20)19-14(11)9-5-7-10(17)8-6-9/h5-8H,3-4H2,1-2H3,(H,19,20). The molecule has 0 atom stereocenters. The van der Waals surface area contributed by atoms with Gasteiger partial charge in [-0.3, -0.25) is 4.79 Å². The van der Waals surface area contributed by atoms with Crippen LogP contribution in [0.2, 0.25) is 10.0 Å². The first-order valence-corrected chi connectivity index (χ1v) is 7.62. The Morgan fingerprint density at radius 2 is 1.82 bits per heavy atom. The van der Waals surface area contributed by atoms with Gasteiger partial charge in [0.25, 0.3) is 5.56 Å². The molecule has 2 rings (SSSR count). The van der Waals surface area contributed by atoms with E-state index >= 15 is 0 Å². The molecule has 0 aliphatic rings. The van der Waals surface area contributed by atoms with Crippen molar-refractivity contribution in [3.8, 4) is 11.3 Å². The van der Waals surface area contributed by atoms with Crippen LogP contribution in [0, 0.1) is 0 Å². The molecule has 0 saturated heterocycles. The monoisotopic (exact) mass is 339 g/mol. The number of nitrogens with one attached hydrogen (secondary N) is 1. The molecule has 1 heterocycles. The minimum atomic E-state index is -0.717. The van der Waals surface area contributed by atoms with Gasteiger partial charge in [0.15, 0.2) is 0 Å². The van der Waals surface area contributed by atoms with E-state index in [2.05, 4.69) is 4.98 Å². The van der Waals surface area contributed by atoms with Crippen molar-refractivity contribution in [2.45, 2.75) is 20.3 Å². The Labute approximate surface area is 138 Å². The van der Waals surface area contributed by atoms with Gasteiger partial charge in [-0.25, -0.2) is 4.79 Å². The van der Waals surface area contributed by atoms with Crippen LogP contribution in [0.15, 0.2) is 29.1 Å². The average molecular weight is 340 g/mol. The van der Waals surface area contributed by atoms with Crippen LogP contribution in [-0.2, 0) is 11.2 Å². The Bertz CT molecular complexity index is 751. The van der Waals surface area contributed by atoms with Gasteiger partial charge in [-0.1, -0.05) is 42.3 Å². The van der Waals surface area contributed by atoms with Crippen molar-refractivity contribution in [1.29, 1.82) is 0 Å². The first-order valence-electron chi connectivity index (χ1n) is 6.87. The van der Waals surface area contributed by atoms with E-state index in [1.807, 2.05) is 6.92 Å². The number of esters is 1. The molecular formula is C16H15Cl2NO3. The zero-order valence-corrected chi connectivity index (χ0v) is 13.7. The molecule has 0 saturated carbocycles. The lowest BCUT2D eigenvalue weighted by Crippen LogP contribution is -2.22. The highest BCUT2D eigenvalue weighted by atomic mass is 35.5. The van der Waals surface area contributed by atoms with Crippen LogP contribution in [0.4, 0.5) is 0 Å². The van der Waals surface area contributed by atoms with Gasteiger partial charge in [0.1, 0.15) is 5.56 Å². The van der Waals surface area contributed by atoms with Gasteiger partial charge in [-0.05, 0) is 36.6 Å². The second-order valence-corrected chi connectivity index (χ2v) is 5.39. The molecule has 0 amide bonds. The first-order chi connectivity index (χ1) is 10.5. The van der Waals surface area contributed by atoms with Crippen LogP contribution in [0.1, 0.15) is 29.8 Å². The zero-order chi connectivity index (χ0) is 16.3. The predicted molar refractivity (Wildman–Crippen MR) is 87.9 cm³/mol. The number of halogens is 2. The highest BCUT2D eigenvalue weighted by molar-refractivity contribution is 6.34. The molecule has 4 nitrogen and oxygen atoms in total. The summed E-state index contributed by atoms with van der Waals surface area (Å²) >= 11 is 12.2. The maximum absolute atomic E-state index is 12.2.